The zero-order valence-electron chi connectivity index (χ0n) is 8.28. The monoisotopic (exact) mass is 155 g/mol. The van der Waals surface area contributed by atoms with Crippen molar-refractivity contribution in [2.45, 2.75) is 46.6 Å². The van der Waals surface area contributed by atoms with Crippen molar-refractivity contribution in [3.05, 3.63) is 0 Å². The molecule has 0 aromatic carbocycles. The standard InChI is InChI=1S/C10H21N/c1-5-8(2)11-7-9-6-10(9,3)4/h8-9,11H,5-7H2,1-4H3/t8?,9-/m1/s1. The van der Waals surface area contributed by atoms with Crippen LogP contribution in [0.3, 0.4) is 0 Å². The lowest BCUT2D eigenvalue weighted by molar-refractivity contribution is 0.469. The minimum absolute atomic E-state index is 0.639. The SMILES string of the molecule is CCC(C)NC[C@H]1CC1(C)C. The third-order valence-electron chi connectivity index (χ3n) is 3.04. The molecule has 0 saturated heterocycles. The van der Waals surface area contributed by atoms with E-state index in [0.29, 0.717) is 11.5 Å². The van der Waals surface area contributed by atoms with Gasteiger partial charge in [-0.05, 0) is 37.6 Å². The fourth-order valence-electron chi connectivity index (χ4n) is 1.41. The molecular weight excluding hydrogens is 134 g/mol. The van der Waals surface area contributed by atoms with Gasteiger partial charge >= 0.3 is 0 Å². The maximum absolute atomic E-state index is 3.55. The number of hydrogen-bond donors (Lipinski definition) is 1. The van der Waals surface area contributed by atoms with Crippen LogP contribution < -0.4 is 5.32 Å². The molecule has 66 valence electrons. The van der Waals surface area contributed by atoms with Crippen LogP contribution in [0.4, 0.5) is 0 Å². The van der Waals surface area contributed by atoms with Crippen LogP contribution >= 0.6 is 0 Å². The first-order chi connectivity index (χ1) is 5.06. The molecule has 0 heterocycles. The maximum Gasteiger partial charge on any atom is 0.00362 e. The van der Waals surface area contributed by atoms with E-state index in [4.69, 9.17) is 0 Å². The van der Waals surface area contributed by atoms with Crippen LogP contribution in [0.5, 0.6) is 0 Å². The van der Waals surface area contributed by atoms with E-state index in [-0.39, 0.29) is 0 Å². The predicted molar refractivity (Wildman–Crippen MR) is 49.6 cm³/mol. The van der Waals surface area contributed by atoms with Gasteiger partial charge in [0.25, 0.3) is 0 Å². The first-order valence-electron chi connectivity index (χ1n) is 4.79. The summed E-state index contributed by atoms with van der Waals surface area (Å²) >= 11 is 0. The van der Waals surface area contributed by atoms with Crippen LogP contribution in [0.15, 0.2) is 0 Å². The van der Waals surface area contributed by atoms with E-state index in [1.807, 2.05) is 0 Å². The molecule has 1 N–H and O–H groups in total. The molecule has 0 bridgehead atoms. The van der Waals surface area contributed by atoms with Crippen molar-refractivity contribution >= 4 is 0 Å². The third kappa shape index (κ3) is 2.48. The van der Waals surface area contributed by atoms with Crippen molar-refractivity contribution in [3.8, 4) is 0 Å². The van der Waals surface area contributed by atoms with Gasteiger partial charge in [0.1, 0.15) is 0 Å². The van der Waals surface area contributed by atoms with Gasteiger partial charge in [-0.2, -0.15) is 0 Å². The summed E-state index contributed by atoms with van der Waals surface area (Å²) in [6.45, 7) is 10.4. The minimum Gasteiger partial charge on any atom is -0.314 e. The molecule has 2 atom stereocenters. The fourth-order valence-corrected chi connectivity index (χ4v) is 1.41. The smallest absolute Gasteiger partial charge is 0.00362 e. The van der Waals surface area contributed by atoms with E-state index in [0.717, 1.165) is 5.92 Å². The van der Waals surface area contributed by atoms with Crippen LogP contribution in [-0.2, 0) is 0 Å². The zero-order chi connectivity index (χ0) is 8.48. The Morgan fingerprint density at radius 2 is 2.09 bits per heavy atom. The second-order valence-electron chi connectivity index (χ2n) is 4.61. The van der Waals surface area contributed by atoms with Crippen LogP contribution in [-0.4, -0.2) is 12.6 Å². The molecule has 1 nitrogen and oxygen atoms in total. The van der Waals surface area contributed by atoms with E-state index < -0.39 is 0 Å². The van der Waals surface area contributed by atoms with Gasteiger partial charge in [0.2, 0.25) is 0 Å². The Balaban J connectivity index is 2.06. The fraction of sp³-hybridized carbons (Fsp3) is 1.00. The normalized spacial score (nSPS) is 30.0. The quantitative estimate of drug-likeness (QED) is 0.657. The Labute approximate surface area is 70.6 Å². The maximum atomic E-state index is 3.55. The van der Waals surface area contributed by atoms with Crippen molar-refractivity contribution < 1.29 is 0 Å². The second kappa shape index (κ2) is 3.14. The number of hydrogen-bond acceptors (Lipinski definition) is 1. The molecule has 11 heavy (non-hydrogen) atoms. The molecule has 0 aromatic rings. The van der Waals surface area contributed by atoms with Crippen molar-refractivity contribution in [1.29, 1.82) is 0 Å². The molecule has 0 spiro atoms. The van der Waals surface area contributed by atoms with Gasteiger partial charge in [-0.1, -0.05) is 20.8 Å². The van der Waals surface area contributed by atoms with Crippen molar-refractivity contribution in [3.63, 3.8) is 0 Å². The van der Waals surface area contributed by atoms with Gasteiger partial charge in [-0.25, -0.2) is 0 Å². The highest BCUT2D eigenvalue weighted by molar-refractivity contribution is 4.96. The van der Waals surface area contributed by atoms with Crippen LogP contribution in [0, 0.1) is 11.3 Å². The average Bonchev–Trinajstić information content (AvgIpc) is 2.54. The highest BCUT2D eigenvalue weighted by Gasteiger charge is 2.44. The Kier molecular flexibility index (Phi) is 2.58. The highest BCUT2D eigenvalue weighted by Crippen LogP contribution is 2.50. The molecule has 0 aliphatic heterocycles. The highest BCUT2D eigenvalue weighted by atomic mass is 14.9. The topological polar surface area (TPSA) is 12.0 Å². The lowest BCUT2D eigenvalue weighted by Crippen LogP contribution is -2.28. The molecule has 0 aromatic heterocycles. The summed E-state index contributed by atoms with van der Waals surface area (Å²) in [7, 11) is 0. The molecule has 0 radical (unpaired) electrons. The van der Waals surface area contributed by atoms with Gasteiger partial charge in [0.05, 0.1) is 0 Å². The Bertz CT molecular complexity index is 129. The summed E-state index contributed by atoms with van der Waals surface area (Å²) in [5.74, 6) is 0.941. The predicted octanol–water partition coefficient (Wildman–Crippen LogP) is 2.42. The van der Waals surface area contributed by atoms with E-state index >= 15 is 0 Å². The second-order valence-corrected chi connectivity index (χ2v) is 4.61. The first-order valence-corrected chi connectivity index (χ1v) is 4.79. The van der Waals surface area contributed by atoms with E-state index in [9.17, 15) is 0 Å². The van der Waals surface area contributed by atoms with Gasteiger partial charge in [0, 0.05) is 6.04 Å². The summed E-state index contributed by atoms with van der Waals surface area (Å²) in [4.78, 5) is 0. The average molecular weight is 155 g/mol. The zero-order valence-corrected chi connectivity index (χ0v) is 8.28. The Morgan fingerprint density at radius 3 is 2.45 bits per heavy atom. The van der Waals surface area contributed by atoms with Gasteiger partial charge in [0.15, 0.2) is 0 Å². The summed E-state index contributed by atoms with van der Waals surface area (Å²) in [5, 5.41) is 3.55. The molecule has 0 amide bonds. The molecule has 1 fully saturated rings. The summed E-state index contributed by atoms with van der Waals surface area (Å²) < 4.78 is 0. The van der Waals surface area contributed by atoms with Gasteiger partial charge in [-0.3, -0.25) is 0 Å². The molecule has 1 saturated carbocycles. The lowest BCUT2D eigenvalue weighted by Gasteiger charge is -2.11. The van der Waals surface area contributed by atoms with E-state index in [1.165, 1.54) is 19.4 Å². The Hall–Kier alpha value is -0.0400. The summed E-state index contributed by atoms with van der Waals surface area (Å²) in [6.07, 6.45) is 2.66. The molecule has 1 aliphatic carbocycles. The van der Waals surface area contributed by atoms with E-state index in [2.05, 4.69) is 33.0 Å². The molecule has 1 rings (SSSR count). The van der Waals surface area contributed by atoms with Crippen LogP contribution in [0.25, 0.3) is 0 Å². The Morgan fingerprint density at radius 1 is 1.55 bits per heavy atom. The third-order valence-corrected chi connectivity index (χ3v) is 3.04. The van der Waals surface area contributed by atoms with Crippen molar-refractivity contribution in [2.75, 3.05) is 6.54 Å². The van der Waals surface area contributed by atoms with Gasteiger partial charge in [-0.15, -0.1) is 0 Å². The minimum atomic E-state index is 0.639. The first kappa shape index (κ1) is 9.05. The van der Waals surface area contributed by atoms with Crippen LogP contribution in [0.2, 0.25) is 0 Å². The summed E-state index contributed by atoms with van der Waals surface area (Å²) in [5.41, 5.74) is 0.639. The van der Waals surface area contributed by atoms with E-state index in [1.54, 1.807) is 0 Å². The van der Waals surface area contributed by atoms with Gasteiger partial charge < -0.3 is 5.32 Å². The molecule has 1 aliphatic rings. The number of rotatable bonds is 4. The summed E-state index contributed by atoms with van der Waals surface area (Å²) in [6, 6.07) is 0.700. The number of nitrogens with one attached hydrogen (secondary N) is 1. The lowest BCUT2D eigenvalue weighted by atomic mass is 10.1. The molecule has 1 heteroatoms. The largest absolute Gasteiger partial charge is 0.314 e. The van der Waals surface area contributed by atoms with Crippen LogP contribution in [0.1, 0.15) is 40.5 Å². The van der Waals surface area contributed by atoms with Crippen molar-refractivity contribution in [1.82, 2.24) is 5.32 Å². The van der Waals surface area contributed by atoms with Crippen molar-refractivity contribution in [2.24, 2.45) is 11.3 Å². The molecule has 1 unspecified atom stereocenters. The molecular formula is C10H21N.